The summed E-state index contributed by atoms with van der Waals surface area (Å²) in [5.41, 5.74) is 1.40. The van der Waals surface area contributed by atoms with Crippen molar-refractivity contribution in [3.05, 3.63) is 60.2 Å². The molecule has 1 fully saturated rings. The van der Waals surface area contributed by atoms with Gasteiger partial charge in [0.15, 0.2) is 0 Å². The average molecular weight is 430 g/mol. The molecule has 1 saturated carbocycles. The minimum absolute atomic E-state index is 0.00774. The zero-order chi connectivity index (χ0) is 21.6. The van der Waals surface area contributed by atoms with Gasteiger partial charge in [-0.25, -0.2) is 8.42 Å². The van der Waals surface area contributed by atoms with Crippen molar-refractivity contribution in [2.45, 2.75) is 56.0 Å². The van der Waals surface area contributed by atoms with Crippen molar-refractivity contribution in [1.29, 1.82) is 0 Å². The number of hydrogen-bond acceptors (Lipinski definition) is 4. The van der Waals surface area contributed by atoms with E-state index in [1.807, 2.05) is 37.3 Å². The molecule has 0 aliphatic heterocycles. The Balaban J connectivity index is 1.67. The van der Waals surface area contributed by atoms with Crippen molar-refractivity contribution in [2.75, 3.05) is 18.9 Å². The van der Waals surface area contributed by atoms with E-state index in [1.54, 1.807) is 31.3 Å². The third-order valence-electron chi connectivity index (χ3n) is 5.78. The van der Waals surface area contributed by atoms with E-state index in [2.05, 4.69) is 10.6 Å². The standard InChI is InChI=1S/C23H31N3O3S/c1-18(19-11-5-3-6-12-19)24-17-23(27)25-21-15-9-10-16-22(21)30(28,29)26(2)20-13-7-4-8-14-20/h3,5-6,9-12,15-16,18,20,24H,4,7-8,13-14,17H2,1-2H3,(H,25,27). The van der Waals surface area contributed by atoms with Gasteiger partial charge in [-0.3, -0.25) is 4.79 Å². The van der Waals surface area contributed by atoms with Crippen LogP contribution >= 0.6 is 0 Å². The normalized spacial score (nSPS) is 16.4. The molecule has 1 aliphatic rings. The highest BCUT2D eigenvalue weighted by atomic mass is 32.2. The fraction of sp³-hybridized carbons (Fsp3) is 0.435. The summed E-state index contributed by atoms with van der Waals surface area (Å²) in [6.07, 6.45) is 5.02. The number of para-hydroxylation sites is 1. The summed E-state index contributed by atoms with van der Waals surface area (Å²) in [5.74, 6) is -0.277. The van der Waals surface area contributed by atoms with E-state index < -0.39 is 10.0 Å². The Morgan fingerprint density at radius 2 is 1.67 bits per heavy atom. The molecular formula is C23H31N3O3S. The molecule has 0 radical (unpaired) electrons. The maximum absolute atomic E-state index is 13.2. The molecule has 1 unspecified atom stereocenters. The molecule has 2 aromatic rings. The lowest BCUT2D eigenvalue weighted by Gasteiger charge is -2.31. The summed E-state index contributed by atoms with van der Waals surface area (Å²) < 4.78 is 28.0. The predicted molar refractivity (Wildman–Crippen MR) is 120 cm³/mol. The highest BCUT2D eigenvalue weighted by Crippen LogP contribution is 2.29. The molecule has 1 amide bonds. The van der Waals surface area contributed by atoms with Crippen LogP contribution in [0.5, 0.6) is 0 Å². The smallest absolute Gasteiger partial charge is 0.245 e. The Bertz CT molecular complexity index is 941. The number of nitrogens with one attached hydrogen (secondary N) is 2. The van der Waals surface area contributed by atoms with Gasteiger partial charge in [0.1, 0.15) is 4.90 Å². The first-order chi connectivity index (χ1) is 14.4. The third-order valence-corrected chi connectivity index (χ3v) is 7.74. The van der Waals surface area contributed by atoms with Gasteiger partial charge in [0.2, 0.25) is 15.9 Å². The van der Waals surface area contributed by atoms with E-state index in [-0.39, 0.29) is 29.4 Å². The molecule has 0 heterocycles. The lowest BCUT2D eigenvalue weighted by atomic mass is 9.96. The van der Waals surface area contributed by atoms with E-state index in [1.165, 1.54) is 4.31 Å². The van der Waals surface area contributed by atoms with Gasteiger partial charge in [0.05, 0.1) is 12.2 Å². The van der Waals surface area contributed by atoms with Gasteiger partial charge >= 0.3 is 0 Å². The molecular weight excluding hydrogens is 398 g/mol. The van der Waals surface area contributed by atoms with Crippen LogP contribution in [0, 0.1) is 0 Å². The number of hydrogen-bond donors (Lipinski definition) is 2. The van der Waals surface area contributed by atoms with Gasteiger partial charge in [-0.15, -0.1) is 0 Å². The number of amides is 1. The second-order valence-corrected chi connectivity index (χ2v) is 9.84. The minimum atomic E-state index is -3.69. The first-order valence-corrected chi connectivity index (χ1v) is 12.0. The molecule has 3 rings (SSSR count). The maximum atomic E-state index is 13.2. The zero-order valence-corrected chi connectivity index (χ0v) is 18.5. The zero-order valence-electron chi connectivity index (χ0n) is 17.7. The summed E-state index contributed by atoms with van der Waals surface area (Å²) in [6.45, 7) is 2.07. The Morgan fingerprint density at radius 1 is 1.03 bits per heavy atom. The number of anilines is 1. The van der Waals surface area contributed by atoms with Crippen LogP contribution in [0.25, 0.3) is 0 Å². The van der Waals surface area contributed by atoms with Crippen molar-refractivity contribution in [2.24, 2.45) is 0 Å². The van der Waals surface area contributed by atoms with E-state index in [0.717, 1.165) is 37.7 Å². The van der Waals surface area contributed by atoms with E-state index in [0.29, 0.717) is 5.69 Å². The molecule has 0 saturated heterocycles. The van der Waals surface area contributed by atoms with Crippen molar-refractivity contribution < 1.29 is 13.2 Å². The molecule has 6 nitrogen and oxygen atoms in total. The summed E-state index contributed by atoms with van der Waals surface area (Å²) in [7, 11) is -2.05. The van der Waals surface area contributed by atoms with Crippen LogP contribution < -0.4 is 10.6 Å². The second-order valence-electron chi connectivity index (χ2n) is 7.87. The van der Waals surface area contributed by atoms with E-state index in [4.69, 9.17) is 0 Å². The molecule has 0 bridgehead atoms. The first kappa shape index (κ1) is 22.5. The topological polar surface area (TPSA) is 78.5 Å². The third kappa shape index (κ3) is 5.47. The van der Waals surface area contributed by atoms with Crippen LogP contribution in [-0.4, -0.2) is 38.3 Å². The molecule has 1 aliphatic carbocycles. The molecule has 162 valence electrons. The Kier molecular flexibility index (Phi) is 7.64. The van der Waals surface area contributed by atoms with Gasteiger partial charge in [-0.05, 0) is 37.5 Å². The van der Waals surface area contributed by atoms with Crippen molar-refractivity contribution >= 4 is 21.6 Å². The van der Waals surface area contributed by atoms with E-state index >= 15 is 0 Å². The fourth-order valence-electron chi connectivity index (χ4n) is 3.89. The number of nitrogens with zero attached hydrogens (tertiary/aromatic N) is 1. The lowest BCUT2D eigenvalue weighted by Crippen LogP contribution is -2.38. The minimum Gasteiger partial charge on any atom is -0.324 e. The first-order valence-electron chi connectivity index (χ1n) is 10.5. The highest BCUT2D eigenvalue weighted by Gasteiger charge is 2.30. The Hall–Kier alpha value is -2.22. The van der Waals surface area contributed by atoms with Crippen molar-refractivity contribution in [3.63, 3.8) is 0 Å². The van der Waals surface area contributed by atoms with Crippen LogP contribution in [0.3, 0.4) is 0 Å². The number of sulfonamides is 1. The quantitative estimate of drug-likeness (QED) is 0.666. The van der Waals surface area contributed by atoms with Crippen molar-refractivity contribution in [1.82, 2.24) is 9.62 Å². The Labute approximate surface area is 179 Å². The summed E-state index contributed by atoms with van der Waals surface area (Å²) in [4.78, 5) is 12.7. The van der Waals surface area contributed by atoms with Gasteiger partial charge < -0.3 is 10.6 Å². The molecule has 0 spiro atoms. The number of benzene rings is 2. The molecule has 2 aromatic carbocycles. The monoisotopic (exact) mass is 429 g/mol. The maximum Gasteiger partial charge on any atom is 0.245 e. The number of rotatable bonds is 8. The molecule has 30 heavy (non-hydrogen) atoms. The largest absolute Gasteiger partial charge is 0.324 e. The summed E-state index contributed by atoms with van der Waals surface area (Å²) in [5, 5.41) is 5.95. The molecule has 7 heteroatoms. The van der Waals surface area contributed by atoms with Crippen LogP contribution in [0.2, 0.25) is 0 Å². The lowest BCUT2D eigenvalue weighted by molar-refractivity contribution is -0.115. The van der Waals surface area contributed by atoms with Crippen LogP contribution in [0.1, 0.15) is 50.6 Å². The van der Waals surface area contributed by atoms with E-state index in [9.17, 15) is 13.2 Å². The SMILES string of the molecule is CC(NCC(=O)Nc1ccccc1S(=O)(=O)N(C)C1CCCCC1)c1ccccc1. The molecule has 0 aromatic heterocycles. The van der Waals surface area contributed by atoms with Gasteiger partial charge in [0, 0.05) is 19.1 Å². The average Bonchev–Trinajstić information content (AvgIpc) is 2.78. The molecule has 1 atom stereocenters. The van der Waals surface area contributed by atoms with Crippen molar-refractivity contribution in [3.8, 4) is 0 Å². The number of carbonyl (C=O) groups is 1. The summed E-state index contributed by atoms with van der Waals surface area (Å²) >= 11 is 0. The predicted octanol–water partition coefficient (Wildman–Crippen LogP) is 3.93. The highest BCUT2D eigenvalue weighted by molar-refractivity contribution is 7.89. The molecule has 2 N–H and O–H groups in total. The van der Waals surface area contributed by atoms with Gasteiger partial charge in [0.25, 0.3) is 0 Å². The van der Waals surface area contributed by atoms with Gasteiger partial charge in [-0.2, -0.15) is 4.31 Å². The van der Waals surface area contributed by atoms with Crippen LogP contribution in [-0.2, 0) is 14.8 Å². The van der Waals surface area contributed by atoms with Gasteiger partial charge in [-0.1, -0.05) is 61.7 Å². The Morgan fingerprint density at radius 3 is 2.37 bits per heavy atom. The van der Waals surface area contributed by atoms with Crippen LogP contribution in [0.4, 0.5) is 5.69 Å². The van der Waals surface area contributed by atoms with Crippen LogP contribution in [0.15, 0.2) is 59.5 Å². The fourth-order valence-corrected chi connectivity index (χ4v) is 5.45. The number of carbonyl (C=O) groups excluding carboxylic acids is 1. The summed E-state index contributed by atoms with van der Waals surface area (Å²) in [6, 6.07) is 16.5. The second kappa shape index (κ2) is 10.2.